The molecule has 0 spiro atoms. The fourth-order valence-electron chi connectivity index (χ4n) is 2.01. The first-order chi connectivity index (χ1) is 14.5. The maximum absolute atomic E-state index is 11.6. The zero-order valence-electron chi connectivity index (χ0n) is 18.1. The molecule has 0 aromatic rings. The fourth-order valence-corrected chi connectivity index (χ4v) is 2.01. The normalized spacial score (nSPS) is 10.9. The van der Waals surface area contributed by atoms with Crippen molar-refractivity contribution in [3.8, 4) is 0 Å². The molecule has 0 bridgehead atoms. The van der Waals surface area contributed by atoms with Crippen molar-refractivity contribution in [1.29, 1.82) is 0 Å². The molecular weight excluding hydrogens is 408 g/mol. The van der Waals surface area contributed by atoms with E-state index in [0.29, 0.717) is 0 Å². The standard InChI is InChI=1S/C22H30O9/c1-7-17(23)28-12-21(5,6)11-27-13-22(14-29-18(24)8-2,15-30-19(25)9-3)16-31-20(26)10-4/h7-10H,1-4,11-16H2,5-6H3. The highest BCUT2D eigenvalue weighted by molar-refractivity contribution is 5.82. The predicted octanol–water partition coefficient (Wildman–Crippen LogP) is 1.93. The second-order valence-corrected chi connectivity index (χ2v) is 7.40. The summed E-state index contributed by atoms with van der Waals surface area (Å²) >= 11 is 0. The van der Waals surface area contributed by atoms with E-state index < -0.39 is 34.7 Å². The zero-order chi connectivity index (χ0) is 23.9. The van der Waals surface area contributed by atoms with Crippen LogP contribution < -0.4 is 0 Å². The summed E-state index contributed by atoms with van der Waals surface area (Å²) < 4.78 is 26.1. The molecule has 0 aliphatic carbocycles. The van der Waals surface area contributed by atoms with Crippen LogP contribution in [0.15, 0.2) is 50.6 Å². The van der Waals surface area contributed by atoms with Crippen LogP contribution in [-0.2, 0) is 42.9 Å². The molecule has 0 N–H and O–H groups in total. The van der Waals surface area contributed by atoms with Gasteiger partial charge in [0.05, 0.1) is 25.2 Å². The molecule has 0 saturated carbocycles. The molecule has 172 valence electrons. The second kappa shape index (κ2) is 13.9. The third-order valence-electron chi connectivity index (χ3n) is 3.73. The van der Waals surface area contributed by atoms with Gasteiger partial charge in [0.1, 0.15) is 19.8 Å². The molecule has 0 radical (unpaired) electrons. The van der Waals surface area contributed by atoms with Crippen molar-refractivity contribution in [2.24, 2.45) is 10.8 Å². The van der Waals surface area contributed by atoms with Crippen LogP contribution in [0, 0.1) is 10.8 Å². The monoisotopic (exact) mass is 438 g/mol. The van der Waals surface area contributed by atoms with Gasteiger partial charge in [-0.1, -0.05) is 40.2 Å². The molecule has 31 heavy (non-hydrogen) atoms. The molecule has 0 heterocycles. The van der Waals surface area contributed by atoms with Gasteiger partial charge in [0.25, 0.3) is 0 Å². The van der Waals surface area contributed by atoms with E-state index in [-0.39, 0.29) is 39.6 Å². The highest BCUT2D eigenvalue weighted by Gasteiger charge is 2.37. The minimum absolute atomic E-state index is 0.0627. The van der Waals surface area contributed by atoms with Crippen LogP contribution in [-0.4, -0.2) is 63.5 Å². The van der Waals surface area contributed by atoms with Gasteiger partial charge in [0.15, 0.2) is 0 Å². The van der Waals surface area contributed by atoms with Crippen molar-refractivity contribution >= 4 is 23.9 Å². The van der Waals surface area contributed by atoms with Crippen LogP contribution in [0.1, 0.15) is 13.8 Å². The van der Waals surface area contributed by atoms with Gasteiger partial charge in [0, 0.05) is 29.7 Å². The van der Waals surface area contributed by atoms with Crippen LogP contribution in [0.3, 0.4) is 0 Å². The summed E-state index contributed by atoms with van der Waals surface area (Å²) in [7, 11) is 0. The van der Waals surface area contributed by atoms with Crippen LogP contribution in [0.2, 0.25) is 0 Å². The van der Waals surface area contributed by atoms with E-state index >= 15 is 0 Å². The van der Waals surface area contributed by atoms with E-state index in [9.17, 15) is 19.2 Å². The van der Waals surface area contributed by atoms with Crippen LogP contribution >= 0.6 is 0 Å². The highest BCUT2D eigenvalue weighted by Crippen LogP contribution is 2.24. The lowest BCUT2D eigenvalue weighted by Crippen LogP contribution is -2.44. The van der Waals surface area contributed by atoms with Crippen LogP contribution in [0.5, 0.6) is 0 Å². The van der Waals surface area contributed by atoms with Crippen molar-refractivity contribution in [2.45, 2.75) is 13.8 Å². The molecule has 0 fully saturated rings. The number of hydrogen-bond donors (Lipinski definition) is 0. The average Bonchev–Trinajstić information content (AvgIpc) is 2.76. The Morgan fingerprint density at radius 3 is 1.23 bits per heavy atom. The molecule has 0 aliphatic rings. The number of carbonyl (C=O) groups excluding carboxylic acids is 4. The minimum atomic E-state index is -1.22. The summed E-state index contributed by atoms with van der Waals surface area (Å²) in [6.45, 7) is 16.1. The summed E-state index contributed by atoms with van der Waals surface area (Å²) in [5.74, 6) is -2.71. The van der Waals surface area contributed by atoms with E-state index in [1.165, 1.54) is 0 Å². The minimum Gasteiger partial charge on any atom is -0.462 e. The Balaban J connectivity index is 5.38. The van der Waals surface area contributed by atoms with Crippen molar-refractivity contribution < 1.29 is 42.9 Å². The summed E-state index contributed by atoms with van der Waals surface area (Å²) in [5, 5.41) is 0. The van der Waals surface area contributed by atoms with Crippen molar-refractivity contribution in [3.05, 3.63) is 50.6 Å². The summed E-state index contributed by atoms with van der Waals surface area (Å²) in [4.78, 5) is 46.0. The maximum atomic E-state index is 11.6. The Kier molecular flexibility index (Phi) is 12.5. The lowest BCUT2D eigenvalue weighted by molar-refractivity contribution is -0.162. The number of carbonyl (C=O) groups is 4. The molecule has 9 nitrogen and oxygen atoms in total. The van der Waals surface area contributed by atoms with Gasteiger partial charge in [-0.2, -0.15) is 0 Å². The number of esters is 4. The smallest absolute Gasteiger partial charge is 0.330 e. The van der Waals surface area contributed by atoms with Gasteiger partial charge in [-0.25, -0.2) is 19.2 Å². The van der Waals surface area contributed by atoms with Crippen molar-refractivity contribution in [1.82, 2.24) is 0 Å². The quantitative estimate of drug-likeness (QED) is 0.202. The molecule has 0 aliphatic heterocycles. The van der Waals surface area contributed by atoms with Gasteiger partial charge in [-0.15, -0.1) is 0 Å². The number of ether oxygens (including phenoxy) is 5. The molecule has 0 saturated heterocycles. The van der Waals surface area contributed by atoms with E-state index in [1.807, 2.05) is 0 Å². The van der Waals surface area contributed by atoms with E-state index in [1.54, 1.807) is 13.8 Å². The van der Waals surface area contributed by atoms with Crippen LogP contribution in [0.4, 0.5) is 0 Å². The predicted molar refractivity (Wildman–Crippen MR) is 112 cm³/mol. The summed E-state index contributed by atoms with van der Waals surface area (Å²) in [6.07, 6.45) is 3.95. The van der Waals surface area contributed by atoms with Crippen LogP contribution in [0.25, 0.3) is 0 Å². The molecule has 0 rings (SSSR count). The Hall–Kier alpha value is -3.20. The van der Waals surface area contributed by atoms with Gasteiger partial charge in [0.2, 0.25) is 0 Å². The van der Waals surface area contributed by atoms with Crippen molar-refractivity contribution in [2.75, 3.05) is 39.6 Å². The highest BCUT2D eigenvalue weighted by atomic mass is 16.6. The second-order valence-electron chi connectivity index (χ2n) is 7.40. The Bertz CT molecular complexity index is 631. The molecule has 0 unspecified atom stereocenters. The van der Waals surface area contributed by atoms with Gasteiger partial charge in [-0.3, -0.25) is 0 Å². The van der Waals surface area contributed by atoms with Gasteiger partial charge in [-0.05, 0) is 0 Å². The van der Waals surface area contributed by atoms with E-state index in [2.05, 4.69) is 26.3 Å². The largest absolute Gasteiger partial charge is 0.462 e. The third kappa shape index (κ3) is 12.2. The number of rotatable bonds is 16. The van der Waals surface area contributed by atoms with Gasteiger partial charge < -0.3 is 23.7 Å². The Labute approximate surface area is 182 Å². The Morgan fingerprint density at radius 2 is 0.903 bits per heavy atom. The average molecular weight is 438 g/mol. The molecular formula is C22H30O9. The maximum Gasteiger partial charge on any atom is 0.330 e. The van der Waals surface area contributed by atoms with Crippen molar-refractivity contribution in [3.63, 3.8) is 0 Å². The molecule has 0 atom stereocenters. The molecule has 0 aromatic heterocycles. The SMILES string of the molecule is C=CC(=O)OCC(C)(C)COCC(COC(=O)C=C)(COC(=O)C=C)COC(=O)C=C. The number of hydrogen-bond acceptors (Lipinski definition) is 9. The first kappa shape index (κ1) is 27.8. The topological polar surface area (TPSA) is 114 Å². The Morgan fingerprint density at radius 1 is 0.581 bits per heavy atom. The lowest BCUT2D eigenvalue weighted by atomic mass is 9.91. The molecule has 0 amide bonds. The summed E-state index contributed by atoms with van der Waals surface area (Å²) in [5.41, 5.74) is -1.79. The zero-order valence-corrected chi connectivity index (χ0v) is 18.1. The van der Waals surface area contributed by atoms with E-state index in [4.69, 9.17) is 23.7 Å². The lowest BCUT2D eigenvalue weighted by Gasteiger charge is -2.33. The molecule has 0 aromatic carbocycles. The third-order valence-corrected chi connectivity index (χ3v) is 3.73. The first-order valence-corrected chi connectivity index (χ1v) is 9.27. The van der Waals surface area contributed by atoms with Gasteiger partial charge >= 0.3 is 23.9 Å². The summed E-state index contributed by atoms with van der Waals surface area (Å²) in [6, 6.07) is 0. The molecule has 9 heteroatoms. The fraction of sp³-hybridized carbons (Fsp3) is 0.455. The first-order valence-electron chi connectivity index (χ1n) is 9.27. The van der Waals surface area contributed by atoms with E-state index in [0.717, 1.165) is 24.3 Å².